The van der Waals surface area contributed by atoms with E-state index in [1.165, 1.54) is 6.20 Å². The lowest BCUT2D eigenvalue weighted by molar-refractivity contribution is 0.0488. The van der Waals surface area contributed by atoms with Gasteiger partial charge >= 0.3 is 5.97 Å². The van der Waals surface area contributed by atoms with E-state index >= 15 is 0 Å². The number of carbonyl (C=O) groups excluding carboxylic acids is 1. The zero-order chi connectivity index (χ0) is 8.27. The lowest BCUT2D eigenvalue weighted by Gasteiger charge is -1.94. The Hall–Kier alpha value is -0.840. The van der Waals surface area contributed by atoms with Crippen LogP contribution in [0.1, 0.15) is 17.5 Å². The molecule has 1 rings (SSSR count). The Labute approximate surface area is 71.7 Å². The molecule has 0 N–H and O–H groups in total. The van der Waals surface area contributed by atoms with Gasteiger partial charge < -0.3 is 9.15 Å². The molecule has 0 aliphatic heterocycles. The number of halogens is 1. The second-order valence-electron chi connectivity index (χ2n) is 1.70. The van der Waals surface area contributed by atoms with Crippen molar-refractivity contribution in [1.29, 1.82) is 0 Å². The smallest absolute Gasteiger partial charge is 0.375 e. The first kappa shape index (κ1) is 8.26. The van der Waals surface area contributed by atoms with Gasteiger partial charge in [0.05, 0.1) is 12.8 Å². The molecular weight excluding hydrogens is 214 g/mol. The van der Waals surface area contributed by atoms with E-state index in [0.29, 0.717) is 6.61 Å². The summed E-state index contributed by atoms with van der Waals surface area (Å²) in [7, 11) is 0. The van der Waals surface area contributed by atoms with Crippen molar-refractivity contribution in [1.82, 2.24) is 4.98 Å². The molecule has 0 fully saturated rings. The Morgan fingerprint density at radius 1 is 1.91 bits per heavy atom. The fourth-order valence-corrected chi connectivity index (χ4v) is 0.826. The van der Waals surface area contributed by atoms with E-state index in [4.69, 9.17) is 4.42 Å². The van der Waals surface area contributed by atoms with Crippen molar-refractivity contribution >= 4 is 21.9 Å². The summed E-state index contributed by atoms with van der Waals surface area (Å²) in [6.07, 6.45) is 1.31. The van der Waals surface area contributed by atoms with E-state index in [1.807, 2.05) is 0 Å². The molecule has 0 saturated carbocycles. The average Bonchev–Trinajstić information content (AvgIpc) is 2.36. The molecule has 11 heavy (non-hydrogen) atoms. The van der Waals surface area contributed by atoms with Gasteiger partial charge in [-0.15, -0.1) is 0 Å². The Morgan fingerprint density at radius 2 is 2.64 bits per heavy atom. The van der Waals surface area contributed by atoms with E-state index in [9.17, 15) is 4.79 Å². The molecule has 4 nitrogen and oxygen atoms in total. The fourth-order valence-electron chi connectivity index (χ4n) is 0.549. The minimum Gasteiger partial charge on any atom is -0.460 e. The second-order valence-corrected chi connectivity index (χ2v) is 2.38. The Morgan fingerprint density at radius 3 is 3.09 bits per heavy atom. The maximum atomic E-state index is 10.9. The minimum atomic E-state index is -0.495. The standard InChI is InChI=1S/C6H6BrNO3/c1-2-10-5(9)4-3-8-6(7)11-4/h3H,2H2,1H3. The van der Waals surface area contributed by atoms with Gasteiger partial charge in [0, 0.05) is 15.9 Å². The third-order valence-corrected chi connectivity index (χ3v) is 1.32. The predicted molar refractivity (Wildman–Crippen MR) is 40.2 cm³/mol. The number of esters is 1. The van der Waals surface area contributed by atoms with Crippen LogP contribution in [0.2, 0.25) is 0 Å². The molecular formula is C6H6BrNO3. The van der Waals surface area contributed by atoms with Gasteiger partial charge in [0.1, 0.15) is 0 Å². The number of nitrogens with zero attached hydrogens (tertiary/aromatic N) is 1. The van der Waals surface area contributed by atoms with Crippen molar-refractivity contribution in [3.8, 4) is 0 Å². The maximum absolute atomic E-state index is 10.9. The molecule has 0 saturated heterocycles. The molecule has 5 heteroatoms. The summed E-state index contributed by atoms with van der Waals surface area (Å²) in [5.41, 5.74) is 0. The lowest BCUT2D eigenvalue weighted by atomic mass is 10.5. The van der Waals surface area contributed by atoms with Crippen molar-refractivity contribution < 1.29 is 13.9 Å². The summed E-state index contributed by atoms with van der Waals surface area (Å²) in [6.45, 7) is 2.06. The lowest BCUT2D eigenvalue weighted by Crippen LogP contribution is -2.02. The topological polar surface area (TPSA) is 52.3 Å². The van der Waals surface area contributed by atoms with Crippen LogP contribution >= 0.6 is 15.9 Å². The van der Waals surface area contributed by atoms with Crippen LogP contribution in [0, 0.1) is 0 Å². The normalized spacial score (nSPS) is 9.64. The first-order chi connectivity index (χ1) is 5.24. The van der Waals surface area contributed by atoms with E-state index in [0.717, 1.165) is 0 Å². The van der Waals surface area contributed by atoms with E-state index in [1.54, 1.807) is 6.92 Å². The van der Waals surface area contributed by atoms with Gasteiger partial charge in [-0.05, 0) is 6.92 Å². The highest BCUT2D eigenvalue weighted by atomic mass is 79.9. The van der Waals surface area contributed by atoms with Crippen LogP contribution in [-0.2, 0) is 4.74 Å². The summed E-state index contributed by atoms with van der Waals surface area (Å²) in [5.74, 6) is -0.385. The average molecular weight is 220 g/mol. The molecule has 0 aliphatic rings. The van der Waals surface area contributed by atoms with Gasteiger partial charge in [0.15, 0.2) is 0 Å². The van der Waals surface area contributed by atoms with E-state index in [-0.39, 0.29) is 10.6 Å². The van der Waals surface area contributed by atoms with Crippen molar-refractivity contribution in [3.05, 3.63) is 16.8 Å². The number of carbonyl (C=O) groups is 1. The molecule has 1 aromatic rings. The van der Waals surface area contributed by atoms with Gasteiger partial charge in [-0.25, -0.2) is 9.78 Å². The molecule has 60 valence electrons. The molecule has 0 aromatic carbocycles. The zero-order valence-electron chi connectivity index (χ0n) is 5.83. The van der Waals surface area contributed by atoms with Crippen LogP contribution in [0.25, 0.3) is 0 Å². The van der Waals surface area contributed by atoms with Gasteiger partial charge in [-0.3, -0.25) is 0 Å². The van der Waals surface area contributed by atoms with Crippen molar-refractivity contribution in [2.45, 2.75) is 6.92 Å². The van der Waals surface area contributed by atoms with Crippen molar-refractivity contribution in [2.24, 2.45) is 0 Å². The number of aromatic nitrogens is 1. The van der Waals surface area contributed by atoms with Gasteiger partial charge in [-0.2, -0.15) is 0 Å². The van der Waals surface area contributed by atoms with Crippen LogP contribution in [0.3, 0.4) is 0 Å². The van der Waals surface area contributed by atoms with E-state index in [2.05, 4.69) is 25.7 Å². The van der Waals surface area contributed by atoms with Crippen LogP contribution in [0.15, 0.2) is 15.4 Å². The number of ether oxygens (including phenoxy) is 1. The SMILES string of the molecule is CCOC(=O)c1cnc(Br)o1. The summed E-state index contributed by atoms with van der Waals surface area (Å²) in [4.78, 5) is 14.8. The van der Waals surface area contributed by atoms with Crippen LogP contribution in [0.5, 0.6) is 0 Å². The zero-order valence-corrected chi connectivity index (χ0v) is 7.42. The third-order valence-electron chi connectivity index (χ3n) is 0.954. The summed E-state index contributed by atoms with van der Waals surface area (Å²) >= 11 is 2.97. The molecule has 1 heterocycles. The van der Waals surface area contributed by atoms with Gasteiger partial charge in [0.25, 0.3) is 4.80 Å². The largest absolute Gasteiger partial charge is 0.460 e. The third kappa shape index (κ3) is 2.04. The fraction of sp³-hybridized carbons (Fsp3) is 0.333. The highest BCUT2D eigenvalue weighted by molar-refractivity contribution is 9.10. The predicted octanol–water partition coefficient (Wildman–Crippen LogP) is 1.61. The molecule has 0 bridgehead atoms. The molecule has 0 atom stereocenters. The van der Waals surface area contributed by atoms with Crippen molar-refractivity contribution in [2.75, 3.05) is 6.61 Å². The Balaban J connectivity index is 2.69. The van der Waals surface area contributed by atoms with E-state index < -0.39 is 5.97 Å². The first-order valence-corrected chi connectivity index (χ1v) is 3.81. The molecule has 0 amide bonds. The number of hydrogen-bond acceptors (Lipinski definition) is 4. The highest BCUT2D eigenvalue weighted by Crippen LogP contribution is 2.10. The van der Waals surface area contributed by atoms with Gasteiger partial charge in [0.2, 0.25) is 5.76 Å². The highest BCUT2D eigenvalue weighted by Gasteiger charge is 2.11. The molecule has 0 spiro atoms. The molecule has 1 aromatic heterocycles. The molecule has 0 unspecified atom stereocenters. The maximum Gasteiger partial charge on any atom is 0.375 e. The number of hydrogen-bond donors (Lipinski definition) is 0. The Kier molecular flexibility index (Phi) is 2.64. The minimum absolute atomic E-state index is 0.110. The van der Waals surface area contributed by atoms with Crippen LogP contribution in [0.4, 0.5) is 0 Å². The first-order valence-electron chi connectivity index (χ1n) is 3.02. The van der Waals surface area contributed by atoms with Crippen LogP contribution < -0.4 is 0 Å². The van der Waals surface area contributed by atoms with Crippen LogP contribution in [-0.4, -0.2) is 17.6 Å². The second kappa shape index (κ2) is 3.52. The molecule has 0 radical (unpaired) electrons. The number of rotatable bonds is 2. The molecule has 0 aliphatic carbocycles. The van der Waals surface area contributed by atoms with Gasteiger partial charge in [-0.1, -0.05) is 0 Å². The quantitative estimate of drug-likeness (QED) is 0.710. The number of oxazole rings is 1. The monoisotopic (exact) mass is 219 g/mol. The summed E-state index contributed by atoms with van der Waals surface area (Å²) < 4.78 is 9.48. The van der Waals surface area contributed by atoms with Crippen molar-refractivity contribution in [3.63, 3.8) is 0 Å². The summed E-state index contributed by atoms with van der Waals surface area (Å²) in [5, 5.41) is 0. The Bertz CT molecular complexity index is 258. The summed E-state index contributed by atoms with van der Waals surface area (Å²) in [6, 6.07) is 0.